The van der Waals surface area contributed by atoms with Crippen LogP contribution in [0.5, 0.6) is 11.6 Å². The van der Waals surface area contributed by atoms with Crippen molar-refractivity contribution < 1.29 is 27.8 Å². The molecule has 1 N–H and O–H groups in total. The maximum Gasteiger partial charge on any atom is 0.417 e. The van der Waals surface area contributed by atoms with Crippen LogP contribution in [0.4, 0.5) is 18.9 Å². The molecule has 0 aliphatic carbocycles. The van der Waals surface area contributed by atoms with Crippen LogP contribution in [0.3, 0.4) is 0 Å². The summed E-state index contributed by atoms with van der Waals surface area (Å²) in [5.41, 5.74) is -0.492. The first kappa shape index (κ1) is 24.4. The molecule has 1 aromatic heterocycles. The number of fused-ring (bicyclic) bond motifs is 1. The Morgan fingerprint density at radius 3 is 2.47 bits per heavy atom. The molecule has 2 aromatic carbocycles. The first-order valence-electron chi connectivity index (χ1n) is 10.8. The molecule has 0 saturated carbocycles. The van der Waals surface area contributed by atoms with E-state index >= 15 is 0 Å². The number of ether oxygens (including phenoxy) is 2. The van der Waals surface area contributed by atoms with Gasteiger partial charge in [-0.2, -0.15) is 13.2 Å². The number of halogens is 4. The van der Waals surface area contributed by atoms with E-state index in [1.807, 2.05) is 41.3 Å². The molecule has 3 aromatic rings. The fourth-order valence-electron chi connectivity index (χ4n) is 3.98. The summed E-state index contributed by atoms with van der Waals surface area (Å²) >= 11 is 6.01. The highest BCUT2D eigenvalue weighted by atomic mass is 35.5. The topological polar surface area (TPSA) is 58.1 Å². The Labute approximate surface area is 200 Å². The minimum absolute atomic E-state index is 0.130. The quantitative estimate of drug-likeness (QED) is 0.521. The molecule has 6 nitrogen and oxygen atoms in total. The Bertz CT molecular complexity index is 1140. The highest BCUT2D eigenvalue weighted by Crippen LogP contribution is 2.35. The lowest BCUT2D eigenvalue weighted by atomic mass is 10.1. The summed E-state index contributed by atoms with van der Waals surface area (Å²) in [6.07, 6.45) is -4.41. The van der Waals surface area contributed by atoms with Gasteiger partial charge >= 0.3 is 6.18 Å². The molecular weight excluding hydrogens is 471 g/mol. The highest BCUT2D eigenvalue weighted by Gasteiger charge is 2.33. The zero-order chi connectivity index (χ0) is 24.3. The van der Waals surface area contributed by atoms with Crippen LogP contribution < -0.4 is 14.4 Å². The lowest BCUT2D eigenvalue weighted by Crippen LogP contribution is -2.49. The zero-order valence-corrected chi connectivity index (χ0v) is 19.3. The Balaban J connectivity index is 1.30. The van der Waals surface area contributed by atoms with Crippen LogP contribution in [0, 0.1) is 0 Å². The van der Waals surface area contributed by atoms with Crippen molar-refractivity contribution in [3.8, 4) is 11.6 Å². The number of nitrogens with zero attached hydrogens (tertiary/aromatic N) is 3. The number of rotatable bonds is 7. The van der Waals surface area contributed by atoms with Crippen LogP contribution in [0.2, 0.25) is 5.02 Å². The number of hydrogen-bond acceptors (Lipinski definition) is 6. The molecule has 34 heavy (non-hydrogen) atoms. The molecule has 0 amide bonds. The average molecular weight is 496 g/mol. The number of aliphatic hydroxyl groups is 1. The number of pyridine rings is 1. The van der Waals surface area contributed by atoms with Crippen molar-refractivity contribution in [2.45, 2.75) is 12.3 Å². The fraction of sp³-hybridized carbons (Fsp3) is 0.375. The molecule has 1 fully saturated rings. The average Bonchev–Trinajstić information content (AvgIpc) is 2.82. The van der Waals surface area contributed by atoms with Crippen LogP contribution in [0.1, 0.15) is 5.56 Å². The predicted molar refractivity (Wildman–Crippen MR) is 125 cm³/mol. The second-order valence-corrected chi connectivity index (χ2v) is 8.59. The number of alkyl halides is 3. The van der Waals surface area contributed by atoms with Gasteiger partial charge in [0.1, 0.15) is 24.1 Å². The van der Waals surface area contributed by atoms with E-state index in [2.05, 4.69) is 9.88 Å². The molecule has 0 spiro atoms. The number of anilines is 1. The number of hydrogen-bond donors (Lipinski definition) is 1. The van der Waals surface area contributed by atoms with Gasteiger partial charge in [-0.15, -0.1) is 0 Å². The van der Waals surface area contributed by atoms with Gasteiger partial charge in [0.2, 0.25) is 5.88 Å². The number of β-amino-alcohol motifs (C(OH)–C–C–N with tert-alkyl or cyclic N) is 1. The summed E-state index contributed by atoms with van der Waals surface area (Å²) in [6.45, 7) is 2.65. The van der Waals surface area contributed by atoms with Gasteiger partial charge < -0.3 is 19.5 Å². The maximum absolute atomic E-state index is 13.1. The van der Waals surface area contributed by atoms with Crippen LogP contribution in [0.25, 0.3) is 10.8 Å². The molecular formula is C24H25ClF3N3O3. The van der Waals surface area contributed by atoms with Crippen LogP contribution in [-0.4, -0.2) is 67.5 Å². The largest absolute Gasteiger partial charge is 0.491 e. The minimum atomic E-state index is -4.47. The lowest BCUT2D eigenvalue weighted by Gasteiger charge is -2.37. The molecule has 1 aliphatic rings. The molecule has 1 atom stereocenters. The van der Waals surface area contributed by atoms with Crippen molar-refractivity contribution in [2.24, 2.45) is 0 Å². The van der Waals surface area contributed by atoms with E-state index in [0.717, 1.165) is 23.0 Å². The molecule has 1 aliphatic heterocycles. The molecule has 1 unspecified atom stereocenters. The summed E-state index contributed by atoms with van der Waals surface area (Å²) in [7, 11) is 1.39. The zero-order valence-electron chi connectivity index (χ0n) is 18.6. The van der Waals surface area contributed by atoms with Crippen molar-refractivity contribution in [3.63, 3.8) is 0 Å². The predicted octanol–water partition coefficient (Wildman–Crippen LogP) is 4.48. The van der Waals surface area contributed by atoms with E-state index in [0.29, 0.717) is 49.2 Å². The Kier molecular flexibility index (Phi) is 7.35. The number of benzene rings is 2. The van der Waals surface area contributed by atoms with Gasteiger partial charge in [0, 0.05) is 43.9 Å². The van der Waals surface area contributed by atoms with E-state index in [-0.39, 0.29) is 12.5 Å². The fourth-order valence-corrected chi connectivity index (χ4v) is 4.16. The number of piperazine rings is 1. The third-order valence-corrected chi connectivity index (χ3v) is 5.99. The van der Waals surface area contributed by atoms with Gasteiger partial charge in [-0.05, 0) is 41.1 Å². The van der Waals surface area contributed by atoms with Crippen molar-refractivity contribution >= 4 is 28.1 Å². The third kappa shape index (κ3) is 5.84. The molecule has 182 valence electrons. The summed E-state index contributed by atoms with van der Waals surface area (Å²) in [5, 5.41) is 13.1. The van der Waals surface area contributed by atoms with Gasteiger partial charge in [0.05, 0.1) is 12.7 Å². The second kappa shape index (κ2) is 10.2. The smallest absolute Gasteiger partial charge is 0.417 e. The van der Waals surface area contributed by atoms with Crippen LogP contribution >= 0.6 is 11.6 Å². The van der Waals surface area contributed by atoms with Crippen molar-refractivity contribution in [3.05, 3.63) is 59.2 Å². The van der Waals surface area contributed by atoms with E-state index in [1.165, 1.54) is 7.11 Å². The SMILES string of the molecule is COc1ncc(C(F)(F)F)cc1N1CCN(CC(O)COc2ccc3cc(Cl)ccc3c2)CC1. The first-order chi connectivity index (χ1) is 16.2. The molecule has 0 radical (unpaired) electrons. The molecule has 10 heteroatoms. The Hall–Kier alpha value is -2.75. The summed E-state index contributed by atoms with van der Waals surface area (Å²) in [4.78, 5) is 7.70. The number of methoxy groups -OCH3 is 1. The van der Waals surface area contributed by atoms with Gasteiger partial charge in [0.25, 0.3) is 0 Å². The van der Waals surface area contributed by atoms with E-state index in [9.17, 15) is 18.3 Å². The van der Waals surface area contributed by atoms with E-state index in [4.69, 9.17) is 21.1 Å². The maximum atomic E-state index is 13.1. The Morgan fingerprint density at radius 2 is 1.76 bits per heavy atom. The van der Waals surface area contributed by atoms with E-state index in [1.54, 1.807) is 0 Å². The summed E-state index contributed by atoms with van der Waals surface area (Å²) in [5.74, 6) is 0.815. The number of aliphatic hydroxyl groups excluding tert-OH is 1. The normalized spacial score (nSPS) is 16.0. The van der Waals surface area contributed by atoms with Gasteiger partial charge in [-0.3, -0.25) is 4.90 Å². The van der Waals surface area contributed by atoms with E-state index < -0.39 is 17.8 Å². The Morgan fingerprint density at radius 1 is 1.06 bits per heavy atom. The van der Waals surface area contributed by atoms with Crippen molar-refractivity contribution in [2.75, 3.05) is 51.3 Å². The second-order valence-electron chi connectivity index (χ2n) is 8.16. The first-order valence-corrected chi connectivity index (χ1v) is 11.2. The minimum Gasteiger partial charge on any atom is -0.491 e. The van der Waals surface area contributed by atoms with Crippen molar-refractivity contribution in [1.29, 1.82) is 0 Å². The standard InChI is InChI=1S/C24H25ClF3N3O3/c1-33-23-22(12-18(13-29-23)24(26,27)28)31-8-6-30(7-9-31)14-20(32)15-34-21-5-3-16-10-19(25)4-2-17(16)11-21/h2-5,10-13,20,32H,6-9,14-15H2,1H3. The third-order valence-electron chi connectivity index (χ3n) is 5.75. The van der Waals surface area contributed by atoms with Gasteiger partial charge in [-0.25, -0.2) is 4.98 Å². The lowest BCUT2D eigenvalue weighted by molar-refractivity contribution is -0.137. The van der Waals surface area contributed by atoms with Gasteiger partial charge in [0.15, 0.2) is 0 Å². The van der Waals surface area contributed by atoms with Crippen molar-refractivity contribution in [1.82, 2.24) is 9.88 Å². The molecule has 0 bridgehead atoms. The molecule has 4 rings (SSSR count). The summed E-state index contributed by atoms with van der Waals surface area (Å²) < 4.78 is 50.3. The monoisotopic (exact) mass is 495 g/mol. The molecule has 1 saturated heterocycles. The highest BCUT2D eigenvalue weighted by molar-refractivity contribution is 6.31. The summed E-state index contributed by atoms with van der Waals surface area (Å²) in [6, 6.07) is 12.3. The van der Waals surface area contributed by atoms with Crippen LogP contribution in [0.15, 0.2) is 48.7 Å². The van der Waals surface area contributed by atoms with Gasteiger partial charge in [-0.1, -0.05) is 23.7 Å². The molecule has 2 heterocycles. The number of aromatic nitrogens is 1. The van der Waals surface area contributed by atoms with Crippen LogP contribution in [-0.2, 0) is 6.18 Å².